The first-order chi connectivity index (χ1) is 10.4. The fraction of sp³-hybridized carbons (Fsp3) is 0.429. The Morgan fingerprint density at radius 2 is 2.09 bits per heavy atom. The highest BCUT2D eigenvalue weighted by Gasteiger charge is 2.13. The van der Waals surface area contributed by atoms with Crippen molar-refractivity contribution in [2.75, 3.05) is 7.05 Å². The molecule has 2 rings (SSSR count). The summed E-state index contributed by atoms with van der Waals surface area (Å²) < 4.78 is 3.19. The highest BCUT2D eigenvalue weighted by atomic mass is 16.4. The van der Waals surface area contributed by atoms with Gasteiger partial charge in [-0.05, 0) is 6.92 Å². The second-order valence-corrected chi connectivity index (χ2v) is 5.21. The minimum atomic E-state index is -1.03. The number of amides is 1. The predicted octanol–water partition coefficient (Wildman–Crippen LogP) is 0.672. The van der Waals surface area contributed by atoms with E-state index in [9.17, 15) is 9.59 Å². The Hall–Kier alpha value is -2.64. The Balaban J connectivity index is 1.88. The fourth-order valence-corrected chi connectivity index (χ4v) is 2.14. The summed E-state index contributed by atoms with van der Waals surface area (Å²) in [4.78, 5) is 24.5. The van der Waals surface area contributed by atoms with Gasteiger partial charge in [-0.25, -0.2) is 4.79 Å². The summed E-state index contributed by atoms with van der Waals surface area (Å²) in [5.74, 6) is -1.06. The number of carboxylic acids is 1. The summed E-state index contributed by atoms with van der Waals surface area (Å²) in [6.45, 7) is 2.76. The quantitative estimate of drug-likeness (QED) is 0.846. The molecule has 0 aliphatic carbocycles. The lowest BCUT2D eigenvalue weighted by atomic mass is 10.2. The van der Waals surface area contributed by atoms with Crippen molar-refractivity contribution in [2.45, 2.75) is 26.4 Å². The molecule has 0 spiro atoms. The number of carbonyl (C=O) groups excluding carboxylic acids is 1. The molecule has 0 aliphatic rings. The molecule has 8 nitrogen and oxygen atoms in total. The van der Waals surface area contributed by atoms with Gasteiger partial charge in [-0.15, -0.1) is 0 Å². The van der Waals surface area contributed by atoms with Crippen molar-refractivity contribution in [3.05, 3.63) is 35.4 Å². The molecule has 0 aliphatic heterocycles. The molecule has 0 atom stereocenters. The van der Waals surface area contributed by atoms with E-state index in [0.717, 1.165) is 11.3 Å². The van der Waals surface area contributed by atoms with Gasteiger partial charge >= 0.3 is 5.97 Å². The van der Waals surface area contributed by atoms with Gasteiger partial charge in [0.2, 0.25) is 5.91 Å². The molecule has 2 heterocycles. The number of aryl methyl sites for hydroxylation is 3. The van der Waals surface area contributed by atoms with Crippen molar-refractivity contribution >= 4 is 11.9 Å². The lowest BCUT2D eigenvalue weighted by Gasteiger charge is -2.16. The zero-order valence-electron chi connectivity index (χ0n) is 12.9. The summed E-state index contributed by atoms with van der Waals surface area (Å²) in [7, 11) is 3.58. The van der Waals surface area contributed by atoms with Crippen molar-refractivity contribution in [3.63, 3.8) is 0 Å². The Labute approximate surface area is 127 Å². The molecule has 118 valence electrons. The van der Waals surface area contributed by atoms with Gasteiger partial charge in [0, 0.05) is 51.6 Å². The van der Waals surface area contributed by atoms with Crippen LogP contribution in [0.5, 0.6) is 0 Å². The SMILES string of the molecule is Cc1nn(C)cc1CN(C)C(=O)CCn1cc(C(=O)O)cn1. The van der Waals surface area contributed by atoms with Crippen LogP contribution in [0.25, 0.3) is 0 Å². The van der Waals surface area contributed by atoms with E-state index in [0.29, 0.717) is 13.1 Å². The third-order valence-corrected chi connectivity index (χ3v) is 3.38. The molecule has 0 unspecified atom stereocenters. The van der Waals surface area contributed by atoms with E-state index in [4.69, 9.17) is 5.11 Å². The third kappa shape index (κ3) is 3.72. The normalized spacial score (nSPS) is 10.7. The van der Waals surface area contributed by atoms with Crippen LogP contribution in [0.15, 0.2) is 18.6 Å². The van der Waals surface area contributed by atoms with Gasteiger partial charge in [0.25, 0.3) is 0 Å². The Morgan fingerprint density at radius 1 is 1.36 bits per heavy atom. The molecular formula is C14H19N5O3. The molecule has 0 saturated carbocycles. The second-order valence-electron chi connectivity index (χ2n) is 5.21. The number of hydrogen-bond acceptors (Lipinski definition) is 4. The lowest BCUT2D eigenvalue weighted by molar-refractivity contribution is -0.130. The monoisotopic (exact) mass is 305 g/mol. The van der Waals surface area contributed by atoms with Crippen LogP contribution in [0.2, 0.25) is 0 Å². The van der Waals surface area contributed by atoms with Crippen molar-refractivity contribution in [2.24, 2.45) is 7.05 Å². The zero-order valence-corrected chi connectivity index (χ0v) is 12.9. The summed E-state index contributed by atoms with van der Waals surface area (Å²) in [5, 5.41) is 17.0. The predicted molar refractivity (Wildman–Crippen MR) is 78.2 cm³/mol. The van der Waals surface area contributed by atoms with Crippen LogP contribution < -0.4 is 0 Å². The maximum Gasteiger partial charge on any atom is 0.338 e. The van der Waals surface area contributed by atoms with Gasteiger partial charge < -0.3 is 10.0 Å². The molecule has 22 heavy (non-hydrogen) atoms. The van der Waals surface area contributed by atoms with Crippen LogP contribution in [-0.2, 0) is 24.9 Å². The van der Waals surface area contributed by atoms with Crippen LogP contribution in [0, 0.1) is 6.92 Å². The minimum absolute atomic E-state index is 0.0318. The summed E-state index contributed by atoms with van der Waals surface area (Å²) >= 11 is 0. The van der Waals surface area contributed by atoms with Crippen LogP contribution in [0.1, 0.15) is 28.0 Å². The summed E-state index contributed by atoms with van der Waals surface area (Å²) in [6, 6.07) is 0. The Bertz CT molecular complexity index is 688. The molecule has 8 heteroatoms. The average molecular weight is 305 g/mol. The first kappa shape index (κ1) is 15.7. The van der Waals surface area contributed by atoms with E-state index in [1.807, 2.05) is 20.2 Å². The smallest absolute Gasteiger partial charge is 0.338 e. The first-order valence-electron chi connectivity index (χ1n) is 6.85. The van der Waals surface area contributed by atoms with Gasteiger partial charge in [0.1, 0.15) is 0 Å². The average Bonchev–Trinajstić information content (AvgIpc) is 3.03. The summed E-state index contributed by atoms with van der Waals surface area (Å²) in [5.41, 5.74) is 2.03. The number of carboxylic acid groups (broad SMARTS) is 1. The molecule has 0 saturated heterocycles. The van der Waals surface area contributed by atoms with E-state index in [-0.39, 0.29) is 17.9 Å². The Morgan fingerprint density at radius 3 is 2.64 bits per heavy atom. The molecule has 0 bridgehead atoms. The van der Waals surface area contributed by atoms with Crippen molar-refractivity contribution in [1.82, 2.24) is 24.5 Å². The van der Waals surface area contributed by atoms with E-state index >= 15 is 0 Å². The van der Waals surface area contributed by atoms with Gasteiger partial charge in [-0.1, -0.05) is 0 Å². The highest BCUT2D eigenvalue weighted by molar-refractivity contribution is 5.86. The number of nitrogens with zero attached hydrogens (tertiary/aromatic N) is 5. The van der Waals surface area contributed by atoms with Crippen molar-refractivity contribution in [3.8, 4) is 0 Å². The number of rotatable bonds is 6. The van der Waals surface area contributed by atoms with Gasteiger partial charge in [0.05, 0.1) is 17.5 Å². The van der Waals surface area contributed by atoms with Crippen LogP contribution in [-0.4, -0.2) is 48.5 Å². The fourth-order valence-electron chi connectivity index (χ4n) is 2.14. The Kier molecular flexibility index (Phi) is 4.59. The zero-order chi connectivity index (χ0) is 16.3. The number of carbonyl (C=O) groups is 2. The largest absolute Gasteiger partial charge is 0.478 e. The molecule has 1 amide bonds. The standard InChI is InChI=1S/C14H19N5O3/c1-10-12(8-18(3)16-10)7-17(2)13(20)4-5-19-9-11(6-15-19)14(21)22/h6,8-9H,4-5,7H2,1-3H3,(H,21,22). The lowest BCUT2D eigenvalue weighted by Crippen LogP contribution is -2.27. The van der Waals surface area contributed by atoms with Crippen LogP contribution >= 0.6 is 0 Å². The third-order valence-electron chi connectivity index (χ3n) is 3.38. The maximum atomic E-state index is 12.1. The van der Waals surface area contributed by atoms with E-state index < -0.39 is 5.97 Å². The van der Waals surface area contributed by atoms with Crippen LogP contribution in [0.4, 0.5) is 0 Å². The van der Waals surface area contributed by atoms with Crippen molar-refractivity contribution < 1.29 is 14.7 Å². The minimum Gasteiger partial charge on any atom is -0.478 e. The molecular weight excluding hydrogens is 286 g/mol. The number of hydrogen-bond donors (Lipinski definition) is 1. The molecule has 2 aromatic heterocycles. The molecule has 0 radical (unpaired) electrons. The van der Waals surface area contributed by atoms with E-state index in [1.165, 1.54) is 17.1 Å². The molecule has 1 N–H and O–H groups in total. The first-order valence-corrected chi connectivity index (χ1v) is 6.85. The van der Waals surface area contributed by atoms with Gasteiger partial charge in [-0.3, -0.25) is 14.2 Å². The van der Waals surface area contributed by atoms with E-state index in [1.54, 1.807) is 16.6 Å². The molecule has 0 fully saturated rings. The second kappa shape index (κ2) is 6.42. The number of aromatic carboxylic acids is 1. The van der Waals surface area contributed by atoms with E-state index in [2.05, 4.69) is 10.2 Å². The molecule has 0 aromatic carbocycles. The van der Waals surface area contributed by atoms with Gasteiger partial charge in [0.15, 0.2) is 0 Å². The topological polar surface area (TPSA) is 93.2 Å². The summed E-state index contributed by atoms with van der Waals surface area (Å²) in [6.07, 6.45) is 4.85. The maximum absolute atomic E-state index is 12.1. The van der Waals surface area contributed by atoms with Crippen LogP contribution in [0.3, 0.4) is 0 Å². The van der Waals surface area contributed by atoms with Crippen molar-refractivity contribution in [1.29, 1.82) is 0 Å². The van der Waals surface area contributed by atoms with Gasteiger partial charge in [-0.2, -0.15) is 10.2 Å². The highest BCUT2D eigenvalue weighted by Crippen LogP contribution is 2.09. The number of aromatic nitrogens is 4. The molecule has 2 aromatic rings.